The Bertz CT molecular complexity index is 1340. The van der Waals surface area contributed by atoms with Crippen LogP contribution in [0.15, 0.2) is 30.3 Å². The third-order valence-corrected chi connectivity index (χ3v) is 6.75. The highest BCUT2D eigenvalue weighted by Crippen LogP contribution is 2.43. The van der Waals surface area contributed by atoms with Crippen LogP contribution in [0.5, 0.6) is 11.5 Å². The summed E-state index contributed by atoms with van der Waals surface area (Å²) in [7, 11) is -2.35. The predicted molar refractivity (Wildman–Crippen MR) is 126 cm³/mol. The van der Waals surface area contributed by atoms with Gasteiger partial charge in [0.05, 0.1) is 18.9 Å². The first-order valence-electron chi connectivity index (χ1n) is 11.1. The van der Waals surface area contributed by atoms with Crippen molar-refractivity contribution in [2.45, 2.75) is 32.4 Å². The number of aromatic nitrogens is 1. The summed E-state index contributed by atoms with van der Waals surface area (Å²) in [5, 5.41) is 3.83. The van der Waals surface area contributed by atoms with E-state index in [4.69, 9.17) is 8.92 Å². The van der Waals surface area contributed by atoms with E-state index in [1.54, 1.807) is 6.07 Å². The fourth-order valence-electron chi connectivity index (χ4n) is 4.79. The lowest BCUT2D eigenvalue weighted by Gasteiger charge is -2.26. The van der Waals surface area contributed by atoms with Gasteiger partial charge >= 0.3 is 10.1 Å². The average Bonchev–Trinajstić information content (AvgIpc) is 3.37. The largest absolute Gasteiger partial charge is 0.493 e. The van der Waals surface area contributed by atoms with Gasteiger partial charge in [-0.2, -0.15) is 8.42 Å². The third-order valence-electron chi connectivity index (χ3n) is 6.28. The molecule has 0 unspecified atom stereocenters. The van der Waals surface area contributed by atoms with Crippen LogP contribution >= 0.6 is 0 Å². The lowest BCUT2D eigenvalue weighted by atomic mass is 9.98. The Morgan fingerprint density at radius 2 is 1.88 bits per heavy atom. The number of H-pyrrole nitrogens is 1. The van der Waals surface area contributed by atoms with Crippen LogP contribution in [0.1, 0.15) is 40.7 Å². The summed E-state index contributed by atoms with van der Waals surface area (Å²) in [5.74, 6) is 0.0394. The zero-order valence-corrected chi connectivity index (χ0v) is 19.5. The smallest absolute Gasteiger partial charge is 0.306 e. The Kier molecular flexibility index (Phi) is 5.54. The summed E-state index contributed by atoms with van der Waals surface area (Å²) in [6, 6.07) is 10.1. The van der Waals surface area contributed by atoms with Crippen molar-refractivity contribution in [1.29, 1.82) is 0 Å². The molecule has 0 aliphatic carbocycles. The Hall–Kier alpha value is -3.04. The van der Waals surface area contributed by atoms with Crippen LogP contribution < -0.4 is 14.2 Å². The van der Waals surface area contributed by atoms with E-state index in [2.05, 4.69) is 33.4 Å². The molecule has 174 valence electrons. The van der Waals surface area contributed by atoms with Crippen LogP contribution in [0.25, 0.3) is 22.2 Å². The lowest BCUT2D eigenvalue weighted by molar-refractivity contribution is 0.0966. The average molecular weight is 470 g/mol. The molecule has 2 aliphatic heterocycles. The van der Waals surface area contributed by atoms with E-state index in [1.165, 1.54) is 31.9 Å². The monoisotopic (exact) mass is 469 g/mol. The number of carbonyl (C=O) groups excluding carboxylic acids is 1. The van der Waals surface area contributed by atoms with E-state index in [-0.39, 0.29) is 24.0 Å². The van der Waals surface area contributed by atoms with Gasteiger partial charge in [-0.05, 0) is 55.8 Å². The number of rotatable bonds is 6. The number of likely N-dealkylation sites (tertiary alicyclic amines) is 1. The minimum atomic E-state index is -3.79. The predicted octanol–water partition coefficient (Wildman–Crippen LogP) is 3.41. The molecule has 3 aromatic rings. The van der Waals surface area contributed by atoms with Crippen molar-refractivity contribution in [3.63, 3.8) is 0 Å². The van der Waals surface area contributed by atoms with Gasteiger partial charge in [-0.1, -0.05) is 12.5 Å². The number of aromatic amines is 1. The first-order chi connectivity index (χ1) is 15.8. The van der Waals surface area contributed by atoms with Crippen LogP contribution in [-0.4, -0.2) is 50.7 Å². The third kappa shape index (κ3) is 4.30. The molecule has 9 heteroatoms. The summed E-state index contributed by atoms with van der Waals surface area (Å²) in [4.78, 5) is 18.6. The van der Waals surface area contributed by atoms with Crippen LogP contribution in [0, 0.1) is 0 Å². The topological polar surface area (TPSA) is 101 Å². The summed E-state index contributed by atoms with van der Waals surface area (Å²) < 4.78 is 34.2. The highest BCUT2D eigenvalue weighted by molar-refractivity contribution is 7.86. The second-order valence-corrected chi connectivity index (χ2v) is 10.3. The maximum atomic E-state index is 12.7. The number of nitrogens with one attached hydrogen (secondary N) is 2. The van der Waals surface area contributed by atoms with Gasteiger partial charge in [0, 0.05) is 40.8 Å². The van der Waals surface area contributed by atoms with E-state index in [0.717, 1.165) is 42.5 Å². The molecule has 0 saturated carbocycles. The minimum absolute atomic E-state index is 0.0528. The summed E-state index contributed by atoms with van der Waals surface area (Å²) in [5.41, 5.74) is 4.50. The minimum Gasteiger partial charge on any atom is -0.493 e. The van der Waals surface area contributed by atoms with E-state index >= 15 is 0 Å². The molecule has 0 atom stereocenters. The lowest BCUT2D eigenvalue weighted by Crippen LogP contribution is -2.28. The molecule has 3 heterocycles. The zero-order chi connectivity index (χ0) is 23.2. The van der Waals surface area contributed by atoms with Gasteiger partial charge in [0.2, 0.25) is 0 Å². The van der Waals surface area contributed by atoms with E-state index in [9.17, 15) is 13.2 Å². The summed E-state index contributed by atoms with van der Waals surface area (Å²) >= 11 is 0. The SMILES string of the molecule is COc1cc(-c2cc3cc(CN4CCCCC4)ccc3[nH]2)c2c(c1OS(C)(=O)=O)CNC2=O. The molecule has 0 bridgehead atoms. The zero-order valence-electron chi connectivity index (χ0n) is 18.7. The molecule has 1 aromatic heterocycles. The first-order valence-corrected chi connectivity index (χ1v) is 12.9. The van der Waals surface area contributed by atoms with Crippen molar-refractivity contribution in [2.75, 3.05) is 26.5 Å². The van der Waals surface area contributed by atoms with Crippen LogP contribution in [0.2, 0.25) is 0 Å². The highest BCUT2D eigenvalue weighted by atomic mass is 32.2. The number of benzene rings is 2. The number of hydrogen-bond acceptors (Lipinski definition) is 6. The van der Waals surface area contributed by atoms with Gasteiger partial charge in [-0.25, -0.2) is 0 Å². The van der Waals surface area contributed by atoms with Gasteiger partial charge in [0.25, 0.3) is 5.91 Å². The molecule has 33 heavy (non-hydrogen) atoms. The molecule has 8 nitrogen and oxygen atoms in total. The van der Waals surface area contributed by atoms with Gasteiger partial charge in [-0.3, -0.25) is 9.69 Å². The number of amides is 1. The Labute approximate surface area is 193 Å². The summed E-state index contributed by atoms with van der Waals surface area (Å²) in [6.45, 7) is 3.38. The van der Waals surface area contributed by atoms with Crippen molar-refractivity contribution >= 4 is 26.9 Å². The number of piperidine rings is 1. The molecule has 2 aromatic carbocycles. The van der Waals surface area contributed by atoms with Crippen LogP contribution in [0.4, 0.5) is 0 Å². The second-order valence-electron chi connectivity index (χ2n) is 8.72. The van der Waals surface area contributed by atoms with Gasteiger partial charge in [0.15, 0.2) is 11.5 Å². The molecule has 2 aliphatic rings. The number of methoxy groups -OCH3 is 1. The number of ether oxygens (including phenoxy) is 1. The highest BCUT2D eigenvalue weighted by Gasteiger charge is 2.32. The molecule has 0 spiro atoms. The molecule has 1 saturated heterocycles. The Morgan fingerprint density at radius 3 is 2.61 bits per heavy atom. The molecule has 0 radical (unpaired) electrons. The van der Waals surface area contributed by atoms with Crippen molar-refractivity contribution in [3.05, 3.63) is 47.0 Å². The van der Waals surface area contributed by atoms with Gasteiger partial charge in [-0.15, -0.1) is 0 Å². The van der Waals surface area contributed by atoms with Crippen LogP contribution in [-0.2, 0) is 23.2 Å². The van der Waals surface area contributed by atoms with E-state index in [0.29, 0.717) is 16.7 Å². The van der Waals surface area contributed by atoms with E-state index in [1.807, 2.05) is 6.07 Å². The van der Waals surface area contributed by atoms with Crippen molar-refractivity contribution in [2.24, 2.45) is 0 Å². The molecule has 1 amide bonds. The van der Waals surface area contributed by atoms with Gasteiger partial charge in [0.1, 0.15) is 0 Å². The van der Waals surface area contributed by atoms with Gasteiger partial charge < -0.3 is 19.2 Å². The van der Waals surface area contributed by atoms with Crippen LogP contribution in [0.3, 0.4) is 0 Å². The molecular formula is C24H27N3O5S. The molecule has 5 rings (SSSR count). The first kappa shape index (κ1) is 21.8. The standard InChI is InChI=1S/C24H27N3O5S/c1-31-21-12-17(22-18(13-25-24(22)28)23(21)32-33(2,29)30)20-11-16-10-15(6-7-19(16)26-20)14-27-8-4-3-5-9-27/h6-7,10-12,26H,3-5,8-9,13-14H2,1-2H3,(H,25,28). The molecule has 1 fully saturated rings. The maximum Gasteiger partial charge on any atom is 0.306 e. The van der Waals surface area contributed by atoms with Crippen molar-refractivity contribution < 1.29 is 22.1 Å². The Morgan fingerprint density at radius 1 is 1.09 bits per heavy atom. The molecule has 2 N–H and O–H groups in total. The Balaban J connectivity index is 1.56. The second kappa shape index (κ2) is 8.39. The number of carbonyl (C=O) groups is 1. The number of hydrogen-bond donors (Lipinski definition) is 2. The fraction of sp³-hybridized carbons (Fsp3) is 0.375. The molecular weight excluding hydrogens is 442 g/mol. The van der Waals surface area contributed by atoms with E-state index < -0.39 is 10.1 Å². The summed E-state index contributed by atoms with van der Waals surface area (Å²) in [6.07, 6.45) is 4.79. The maximum absolute atomic E-state index is 12.7. The number of fused-ring (bicyclic) bond motifs is 2. The van der Waals surface area contributed by atoms with Crippen molar-refractivity contribution in [3.8, 4) is 22.8 Å². The van der Waals surface area contributed by atoms with Crippen molar-refractivity contribution in [1.82, 2.24) is 15.2 Å². The number of nitrogens with zero attached hydrogens (tertiary/aromatic N) is 1. The fourth-order valence-corrected chi connectivity index (χ4v) is 5.27. The normalized spacial score (nSPS) is 16.6. The quantitative estimate of drug-likeness (QED) is 0.537.